The first-order valence-corrected chi connectivity index (χ1v) is 8.46. The van der Waals surface area contributed by atoms with Crippen molar-refractivity contribution in [1.82, 2.24) is 10.3 Å². The van der Waals surface area contributed by atoms with E-state index in [4.69, 9.17) is 11.6 Å². The summed E-state index contributed by atoms with van der Waals surface area (Å²) >= 11 is 5.78. The molecular formula is C15H13ClN2O5S. The highest BCUT2D eigenvalue weighted by Gasteiger charge is 2.23. The van der Waals surface area contributed by atoms with Gasteiger partial charge in [0, 0.05) is 10.6 Å². The molecule has 2 rings (SSSR count). The summed E-state index contributed by atoms with van der Waals surface area (Å²) in [7, 11) is -3.04. The van der Waals surface area contributed by atoms with Gasteiger partial charge in [-0.3, -0.25) is 10.2 Å². The average Bonchev–Trinajstić information content (AvgIpc) is 2.59. The van der Waals surface area contributed by atoms with Gasteiger partial charge in [0.05, 0.1) is 17.6 Å². The normalized spacial score (nSPS) is 10.9. The Labute approximate surface area is 143 Å². The molecule has 1 amide bonds. The quantitative estimate of drug-likeness (QED) is 0.618. The van der Waals surface area contributed by atoms with Gasteiger partial charge < -0.3 is 4.74 Å². The maximum absolute atomic E-state index is 12.3. The molecule has 9 heteroatoms. The molecule has 0 saturated carbocycles. The number of ether oxygens (including phenoxy) is 1. The van der Waals surface area contributed by atoms with Crippen LogP contribution >= 0.6 is 11.6 Å². The molecule has 0 aliphatic rings. The van der Waals surface area contributed by atoms with E-state index in [1.165, 1.54) is 36.4 Å². The lowest BCUT2D eigenvalue weighted by molar-refractivity contribution is 0.0596. The number of hydrogen-bond acceptors (Lipinski definition) is 5. The molecule has 2 aromatic carbocycles. The van der Waals surface area contributed by atoms with Crippen LogP contribution in [0.5, 0.6) is 0 Å². The molecule has 0 bridgehead atoms. The SMILES string of the molecule is COC(=O)c1ccccc1S(=O)(=O)NNC(=O)c1cccc(Cl)c1. The van der Waals surface area contributed by atoms with Crippen LogP contribution in [0.2, 0.25) is 5.02 Å². The number of carbonyl (C=O) groups excluding carboxylic acids is 2. The smallest absolute Gasteiger partial charge is 0.339 e. The number of nitrogens with one attached hydrogen (secondary N) is 2. The summed E-state index contributed by atoms with van der Waals surface area (Å²) in [6.07, 6.45) is 0. The molecular weight excluding hydrogens is 356 g/mol. The minimum absolute atomic E-state index is 0.149. The number of hydrazine groups is 1. The second-order valence-electron chi connectivity index (χ2n) is 4.56. The van der Waals surface area contributed by atoms with Crippen LogP contribution in [0, 0.1) is 0 Å². The topological polar surface area (TPSA) is 102 Å². The van der Waals surface area contributed by atoms with Gasteiger partial charge in [0.15, 0.2) is 0 Å². The fourth-order valence-electron chi connectivity index (χ4n) is 1.85. The van der Waals surface area contributed by atoms with Crippen LogP contribution in [0.1, 0.15) is 20.7 Å². The van der Waals surface area contributed by atoms with Gasteiger partial charge in [0.25, 0.3) is 15.9 Å². The van der Waals surface area contributed by atoms with Crippen molar-refractivity contribution in [2.45, 2.75) is 4.90 Å². The molecule has 0 spiro atoms. The number of esters is 1. The van der Waals surface area contributed by atoms with Crippen LogP contribution in [-0.2, 0) is 14.8 Å². The van der Waals surface area contributed by atoms with E-state index in [2.05, 4.69) is 10.2 Å². The molecule has 0 aromatic heterocycles. The minimum atomic E-state index is -4.17. The van der Waals surface area contributed by atoms with Gasteiger partial charge in [-0.2, -0.15) is 0 Å². The molecule has 0 aliphatic heterocycles. The predicted molar refractivity (Wildman–Crippen MR) is 87.0 cm³/mol. The maximum Gasteiger partial charge on any atom is 0.339 e. The van der Waals surface area contributed by atoms with Crippen LogP contribution < -0.4 is 10.3 Å². The summed E-state index contributed by atoms with van der Waals surface area (Å²) < 4.78 is 29.2. The molecule has 0 fully saturated rings. The summed E-state index contributed by atoms with van der Waals surface area (Å²) in [5, 5.41) is 0.335. The van der Waals surface area contributed by atoms with Crippen molar-refractivity contribution in [3.05, 3.63) is 64.7 Å². The predicted octanol–water partition coefficient (Wildman–Crippen LogP) is 1.75. The minimum Gasteiger partial charge on any atom is -0.465 e. The zero-order valence-electron chi connectivity index (χ0n) is 12.4. The van der Waals surface area contributed by atoms with Crippen LogP contribution in [0.3, 0.4) is 0 Å². The summed E-state index contributed by atoms with van der Waals surface area (Å²) in [6.45, 7) is 0. The van der Waals surface area contributed by atoms with E-state index in [-0.39, 0.29) is 16.0 Å². The van der Waals surface area contributed by atoms with Gasteiger partial charge in [-0.1, -0.05) is 29.8 Å². The number of hydrogen-bond donors (Lipinski definition) is 2. The molecule has 126 valence electrons. The standard InChI is InChI=1S/C15H13ClN2O5S/c1-23-15(20)12-7-2-3-8-13(12)24(21,22)18-17-14(19)10-5-4-6-11(16)9-10/h2-9,18H,1H3,(H,17,19). The Hall–Kier alpha value is -2.42. The van der Waals surface area contributed by atoms with Crippen LogP contribution in [-0.4, -0.2) is 27.4 Å². The van der Waals surface area contributed by atoms with E-state index in [0.29, 0.717) is 5.02 Å². The second kappa shape index (κ2) is 7.43. The van der Waals surface area contributed by atoms with Crippen LogP contribution in [0.15, 0.2) is 53.4 Å². The van der Waals surface area contributed by atoms with Crippen molar-refractivity contribution >= 4 is 33.5 Å². The molecule has 0 radical (unpaired) electrons. The van der Waals surface area contributed by atoms with E-state index >= 15 is 0 Å². The Morgan fingerprint density at radius 3 is 2.46 bits per heavy atom. The van der Waals surface area contributed by atoms with Crippen molar-refractivity contribution < 1.29 is 22.7 Å². The first-order chi connectivity index (χ1) is 11.3. The third kappa shape index (κ3) is 4.10. The molecule has 0 saturated heterocycles. The number of carbonyl (C=O) groups is 2. The Morgan fingerprint density at radius 2 is 1.79 bits per heavy atom. The Balaban J connectivity index is 2.21. The first kappa shape index (κ1) is 17.9. The van der Waals surface area contributed by atoms with Gasteiger partial charge in [0.1, 0.15) is 0 Å². The molecule has 2 aromatic rings. The summed E-state index contributed by atoms with van der Waals surface area (Å²) in [6, 6.07) is 11.5. The molecule has 7 nitrogen and oxygen atoms in total. The highest BCUT2D eigenvalue weighted by Crippen LogP contribution is 2.16. The monoisotopic (exact) mass is 368 g/mol. The third-order valence-corrected chi connectivity index (χ3v) is 4.51. The van der Waals surface area contributed by atoms with E-state index in [9.17, 15) is 18.0 Å². The number of benzene rings is 2. The lowest BCUT2D eigenvalue weighted by Gasteiger charge is -2.11. The zero-order valence-corrected chi connectivity index (χ0v) is 14.0. The molecule has 0 aliphatic carbocycles. The highest BCUT2D eigenvalue weighted by molar-refractivity contribution is 7.89. The first-order valence-electron chi connectivity index (χ1n) is 6.60. The van der Waals surface area contributed by atoms with Gasteiger partial charge in [-0.05, 0) is 30.3 Å². The number of amides is 1. The second-order valence-corrected chi connectivity index (χ2v) is 6.64. The molecule has 24 heavy (non-hydrogen) atoms. The number of halogens is 1. The van der Waals surface area contributed by atoms with Crippen LogP contribution in [0.4, 0.5) is 0 Å². The summed E-state index contributed by atoms with van der Waals surface area (Å²) in [5.41, 5.74) is 2.09. The van der Waals surface area contributed by atoms with E-state index in [1.54, 1.807) is 12.1 Å². The lowest BCUT2D eigenvalue weighted by atomic mass is 10.2. The fraction of sp³-hybridized carbons (Fsp3) is 0.0667. The summed E-state index contributed by atoms with van der Waals surface area (Å²) in [4.78, 5) is 25.2. The average molecular weight is 369 g/mol. The largest absolute Gasteiger partial charge is 0.465 e. The number of methoxy groups -OCH3 is 1. The maximum atomic E-state index is 12.3. The highest BCUT2D eigenvalue weighted by atomic mass is 35.5. The van der Waals surface area contributed by atoms with Crippen molar-refractivity contribution in [2.75, 3.05) is 7.11 Å². The van der Waals surface area contributed by atoms with Crippen molar-refractivity contribution in [1.29, 1.82) is 0 Å². The van der Waals surface area contributed by atoms with Gasteiger partial charge in [-0.25, -0.2) is 13.2 Å². The zero-order chi connectivity index (χ0) is 17.7. The van der Waals surface area contributed by atoms with Crippen LogP contribution in [0.25, 0.3) is 0 Å². The molecule has 0 heterocycles. The molecule has 0 atom stereocenters. The van der Waals surface area contributed by atoms with Gasteiger partial charge >= 0.3 is 5.97 Å². The van der Waals surface area contributed by atoms with Gasteiger partial charge in [-0.15, -0.1) is 4.83 Å². The Morgan fingerprint density at radius 1 is 1.08 bits per heavy atom. The molecule has 2 N–H and O–H groups in total. The number of rotatable bonds is 5. The lowest BCUT2D eigenvalue weighted by Crippen LogP contribution is -2.42. The van der Waals surface area contributed by atoms with E-state index in [0.717, 1.165) is 7.11 Å². The van der Waals surface area contributed by atoms with Gasteiger partial charge in [0.2, 0.25) is 0 Å². The fourth-order valence-corrected chi connectivity index (χ4v) is 3.08. The van der Waals surface area contributed by atoms with E-state index < -0.39 is 21.9 Å². The Kier molecular flexibility index (Phi) is 5.55. The number of sulfonamides is 1. The van der Waals surface area contributed by atoms with Crippen molar-refractivity contribution in [2.24, 2.45) is 0 Å². The van der Waals surface area contributed by atoms with Crippen molar-refractivity contribution in [3.8, 4) is 0 Å². The Bertz CT molecular complexity index is 883. The van der Waals surface area contributed by atoms with Crippen molar-refractivity contribution in [3.63, 3.8) is 0 Å². The third-order valence-electron chi connectivity index (χ3n) is 2.97. The molecule has 0 unspecified atom stereocenters. The van der Waals surface area contributed by atoms with E-state index in [1.807, 2.05) is 4.83 Å². The summed E-state index contributed by atoms with van der Waals surface area (Å²) in [5.74, 6) is -1.51.